The highest BCUT2D eigenvalue weighted by Gasteiger charge is 2.03. The van der Waals surface area contributed by atoms with Gasteiger partial charge in [-0.25, -0.2) is 0 Å². The lowest BCUT2D eigenvalue weighted by atomic mass is 10.2. The van der Waals surface area contributed by atoms with Gasteiger partial charge in [-0.2, -0.15) is 0 Å². The SMILES string of the molecule is Cc1cccnc1COc1ccccc1CN. The molecule has 0 aliphatic rings. The second kappa shape index (κ2) is 5.46. The van der Waals surface area contributed by atoms with Gasteiger partial charge in [-0.05, 0) is 24.6 Å². The topological polar surface area (TPSA) is 48.1 Å². The summed E-state index contributed by atoms with van der Waals surface area (Å²) in [6.45, 7) is 2.99. The molecule has 88 valence electrons. The lowest BCUT2D eigenvalue weighted by Crippen LogP contribution is -2.04. The predicted octanol–water partition coefficient (Wildman–Crippen LogP) is 2.43. The van der Waals surface area contributed by atoms with E-state index in [1.54, 1.807) is 6.20 Å². The minimum atomic E-state index is 0.476. The Labute approximate surface area is 101 Å². The van der Waals surface area contributed by atoms with Crippen LogP contribution >= 0.6 is 0 Å². The molecule has 1 aromatic heterocycles. The lowest BCUT2D eigenvalue weighted by molar-refractivity contribution is 0.297. The van der Waals surface area contributed by atoms with Crippen LogP contribution in [-0.4, -0.2) is 4.98 Å². The van der Waals surface area contributed by atoms with Gasteiger partial charge in [0.25, 0.3) is 0 Å². The van der Waals surface area contributed by atoms with E-state index in [2.05, 4.69) is 4.98 Å². The first-order chi connectivity index (χ1) is 8.31. The van der Waals surface area contributed by atoms with Crippen molar-refractivity contribution in [2.24, 2.45) is 5.73 Å². The van der Waals surface area contributed by atoms with Gasteiger partial charge in [0.05, 0.1) is 5.69 Å². The second-order valence-corrected chi connectivity index (χ2v) is 3.87. The summed E-state index contributed by atoms with van der Waals surface area (Å²) >= 11 is 0. The van der Waals surface area contributed by atoms with Crippen LogP contribution in [0.25, 0.3) is 0 Å². The van der Waals surface area contributed by atoms with Crippen molar-refractivity contribution in [3.05, 3.63) is 59.4 Å². The van der Waals surface area contributed by atoms with Gasteiger partial charge in [0, 0.05) is 18.3 Å². The Morgan fingerprint density at radius 2 is 2.00 bits per heavy atom. The monoisotopic (exact) mass is 228 g/mol. The summed E-state index contributed by atoms with van der Waals surface area (Å²) in [6.07, 6.45) is 1.78. The van der Waals surface area contributed by atoms with E-state index in [4.69, 9.17) is 10.5 Å². The first-order valence-electron chi connectivity index (χ1n) is 5.62. The highest BCUT2D eigenvalue weighted by atomic mass is 16.5. The van der Waals surface area contributed by atoms with E-state index in [1.165, 1.54) is 0 Å². The van der Waals surface area contributed by atoms with E-state index >= 15 is 0 Å². The number of benzene rings is 1. The standard InChI is InChI=1S/C14H16N2O/c1-11-5-4-8-16-13(11)10-17-14-7-3-2-6-12(14)9-15/h2-8H,9-10,15H2,1H3. The van der Waals surface area contributed by atoms with Gasteiger partial charge in [-0.15, -0.1) is 0 Å². The molecule has 0 saturated heterocycles. The van der Waals surface area contributed by atoms with Crippen LogP contribution in [0.5, 0.6) is 5.75 Å². The van der Waals surface area contributed by atoms with Crippen molar-refractivity contribution < 1.29 is 4.74 Å². The van der Waals surface area contributed by atoms with Crippen LogP contribution in [0.2, 0.25) is 0 Å². The van der Waals surface area contributed by atoms with Crippen molar-refractivity contribution >= 4 is 0 Å². The fourth-order valence-electron chi connectivity index (χ4n) is 1.63. The second-order valence-electron chi connectivity index (χ2n) is 3.87. The number of hydrogen-bond acceptors (Lipinski definition) is 3. The van der Waals surface area contributed by atoms with Crippen LogP contribution in [0, 0.1) is 6.92 Å². The van der Waals surface area contributed by atoms with Crippen molar-refractivity contribution in [1.29, 1.82) is 0 Å². The van der Waals surface area contributed by atoms with Crippen LogP contribution in [0.1, 0.15) is 16.8 Å². The minimum Gasteiger partial charge on any atom is -0.487 e. The van der Waals surface area contributed by atoms with Gasteiger partial charge in [0.15, 0.2) is 0 Å². The van der Waals surface area contributed by atoms with Crippen molar-refractivity contribution in [1.82, 2.24) is 4.98 Å². The van der Waals surface area contributed by atoms with E-state index in [1.807, 2.05) is 43.3 Å². The van der Waals surface area contributed by atoms with E-state index in [9.17, 15) is 0 Å². The molecule has 0 fully saturated rings. The van der Waals surface area contributed by atoms with Crippen LogP contribution in [0.4, 0.5) is 0 Å². The Balaban J connectivity index is 2.10. The summed E-state index contributed by atoms with van der Waals surface area (Å²) in [6, 6.07) is 11.8. The maximum Gasteiger partial charge on any atom is 0.130 e. The Bertz CT molecular complexity index is 497. The average molecular weight is 228 g/mol. The van der Waals surface area contributed by atoms with Crippen molar-refractivity contribution in [2.75, 3.05) is 0 Å². The molecule has 0 unspecified atom stereocenters. The molecule has 0 aliphatic heterocycles. The molecular weight excluding hydrogens is 212 g/mol. The Hall–Kier alpha value is -1.87. The van der Waals surface area contributed by atoms with E-state index in [0.29, 0.717) is 13.2 Å². The van der Waals surface area contributed by atoms with E-state index < -0.39 is 0 Å². The average Bonchev–Trinajstić information content (AvgIpc) is 2.38. The van der Waals surface area contributed by atoms with Crippen LogP contribution in [-0.2, 0) is 13.2 Å². The Kier molecular flexibility index (Phi) is 3.73. The Morgan fingerprint density at radius 1 is 1.18 bits per heavy atom. The molecule has 2 rings (SSSR count). The van der Waals surface area contributed by atoms with Crippen LogP contribution in [0.15, 0.2) is 42.6 Å². The quantitative estimate of drug-likeness (QED) is 0.874. The van der Waals surface area contributed by atoms with Crippen molar-refractivity contribution in [2.45, 2.75) is 20.1 Å². The van der Waals surface area contributed by atoms with Crippen molar-refractivity contribution in [3.63, 3.8) is 0 Å². The van der Waals surface area contributed by atoms with Gasteiger partial charge in [-0.1, -0.05) is 24.3 Å². The number of hydrogen-bond donors (Lipinski definition) is 1. The summed E-state index contributed by atoms with van der Waals surface area (Å²) in [4.78, 5) is 4.29. The molecule has 0 aliphatic carbocycles. The third-order valence-electron chi connectivity index (χ3n) is 2.67. The minimum absolute atomic E-state index is 0.476. The maximum absolute atomic E-state index is 5.75. The molecule has 3 nitrogen and oxygen atoms in total. The summed E-state index contributed by atoms with van der Waals surface area (Å²) in [5, 5.41) is 0. The third kappa shape index (κ3) is 2.82. The van der Waals surface area contributed by atoms with Gasteiger partial charge in [0.2, 0.25) is 0 Å². The van der Waals surface area contributed by atoms with E-state index in [0.717, 1.165) is 22.6 Å². The van der Waals surface area contributed by atoms with Crippen LogP contribution < -0.4 is 10.5 Å². The van der Waals surface area contributed by atoms with Gasteiger partial charge < -0.3 is 10.5 Å². The highest BCUT2D eigenvalue weighted by molar-refractivity contribution is 5.33. The van der Waals surface area contributed by atoms with Crippen molar-refractivity contribution in [3.8, 4) is 5.75 Å². The zero-order chi connectivity index (χ0) is 12.1. The molecule has 17 heavy (non-hydrogen) atoms. The molecule has 0 radical (unpaired) electrons. The Morgan fingerprint density at radius 3 is 2.76 bits per heavy atom. The number of ether oxygens (including phenoxy) is 1. The molecule has 2 N–H and O–H groups in total. The molecule has 0 spiro atoms. The first-order valence-corrected chi connectivity index (χ1v) is 5.62. The van der Waals surface area contributed by atoms with E-state index in [-0.39, 0.29) is 0 Å². The molecule has 3 heteroatoms. The highest BCUT2D eigenvalue weighted by Crippen LogP contribution is 2.18. The number of aryl methyl sites for hydroxylation is 1. The maximum atomic E-state index is 5.75. The molecule has 1 aromatic carbocycles. The molecule has 1 heterocycles. The zero-order valence-corrected chi connectivity index (χ0v) is 9.89. The van der Waals surface area contributed by atoms with Gasteiger partial charge in [0.1, 0.15) is 12.4 Å². The third-order valence-corrected chi connectivity index (χ3v) is 2.67. The zero-order valence-electron chi connectivity index (χ0n) is 9.89. The number of nitrogens with two attached hydrogens (primary N) is 1. The summed E-state index contributed by atoms with van der Waals surface area (Å²) in [5.41, 5.74) is 8.76. The number of para-hydroxylation sites is 1. The molecule has 0 bridgehead atoms. The smallest absolute Gasteiger partial charge is 0.130 e. The number of aromatic nitrogens is 1. The molecule has 0 atom stereocenters. The molecule has 2 aromatic rings. The van der Waals surface area contributed by atoms with Crippen LogP contribution in [0.3, 0.4) is 0 Å². The van der Waals surface area contributed by atoms with Gasteiger partial charge >= 0.3 is 0 Å². The first kappa shape index (κ1) is 11.6. The summed E-state index contributed by atoms with van der Waals surface area (Å²) in [7, 11) is 0. The normalized spacial score (nSPS) is 10.2. The lowest BCUT2D eigenvalue weighted by Gasteiger charge is -2.10. The fourth-order valence-corrected chi connectivity index (χ4v) is 1.63. The fraction of sp³-hybridized carbons (Fsp3) is 0.214. The number of rotatable bonds is 4. The number of pyridine rings is 1. The molecule has 0 amide bonds. The largest absolute Gasteiger partial charge is 0.487 e. The van der Waals surface area contributed by atoms with Gasteiger partial charge in [-0.3, -0.25) is 4.98 Å². The predicted molar refractivity (Wildman–Crippen MR) is 67.6 cm³/mol. The molecular formula is C14H16N2O. The molecule has 0 saturated carbocycles. The summed E-state index contributed by atoms with van der Waals surface area (Å²) in [5.74, 6) is 0.833. The summed E-state index contributed by atoms with van der Waals surface area (Å²) < 4.78 is 5.75. The number of nitrogens with zero attached hydrogens (tertiary/aromatic N) is 1.